The maximum Gasteiger partial charge on any atom is 0.323 e. The molecule has 0 spiro atoms. The minimum absolute atomic E-state index is 0.0804. The summed E-state index contributed by atoms with van der Waals surface area (Å²) in [6, 6.07) is 10.00. The Hall–Kier alpha value is -1.88. The average molecular weight is 291 g/mol. The smallest absolute Gasteiger partial charge is 0.323 e. The molecule has 1 aromatic carbocycles. The molecule has 0 bridgehead atoms. The molecule has 1 aliphatic rings. The van der Waals surface area contributed by atoms with Crippen LogP contribution in [0.3, 0.4) is 0 Å². The predicted molar refractivity (Wildman–Crippen MR) is 77.7 cm³/mol. The summed E-state index contributed by atoms with van der Waals surface area (Å²) in [5.41, 5.74) is 1.11. The number of ether oxygens (including phenoxy) is 1. The van der Waals surface area contributed by atoms with Crippen molar-refractivity contribution in [3.8, 4) is 0 Å². The zero-order valence-corrected chi connectivity index (χ0v) is 12.0. The number of rotatable bonds is 9. The van der Waals surface area contributed by atoms with Crippen LogP contribution in [0.2, 0.25) is 0 Å². The molecule has 0 aliphatic heterocycles. The quantitative estimate of drug-likeness (QED) is 0.707. The molecule has 1 aromatic rings. The number of carbonyl (C=O) groups excluding carboxylic acids is 1. The zero-order chi connectivity index (χ0) is 15.1. The molecular formula is C16H21NO4. The minimum atomic E-state index is -0.949. The van der Waals surface area contributed by atoms with E-state index in [4.69, 9.17) is 9.84 Å². The number of carboxylic acids is 1. The van der Waals surface area contributed by atoms with Crippen molar-refractivity contribution in [2.24, 2.45) is 0 Å². The summed E-state index contributed by atoms with van der Waals surface area (Å²) >= 11 is 0. The fourth-order valence-electron chi connectivity index (χ4n) is 2.19. The van der Waals surface area contributed by atoms with Crippen molar-refractivity contribution < 1.29 is 19.4 Å². The van der Waals surface area contributed by atoms with Crippen molar-refractivity contribution in [2.75, 3.05) is 13.2 Å². The Morgan fingerprint density at radius 1 is 1.24 bits per heavy atom. The predicted octanol–water partition coefficient (Wildman–Crippen LogP) is 2.06. The van der Waals surface area contributed by atoms with E-state index in [2.05, 4.69) is 0 Å². The zero-order valence-electron chi connectivity index (χ0n) is 12.0. The van der Waals surface area contributed by atoms with E-state index in [0.717, 1.165) is 18.4 Å². The Kier molecular flexibility index (Phi) is 5.75. The van der Waals surface area contributed by atoms with Gasteiger partial charge < -0.3 is 14.7 Å². The van der Waals surface area contributed by atoms with Crippen LogP contribution >= 0.6 is 0 Å². The molecule has 5 nitrogen and oxygen atoms in total. The second kappa shape index (κ2) is 7.78. The van der Waals surface area contributed by atoms with E-state index >= 15 is 0 Å². The highest BCUT2D eigenvalue weighted by molar-refractivity contribution is 5.81. The van der Waals surface area contributed by atoms with Gasteiger partial charge >= 0.3 is 5.97 Å². The van der Waals surface area contributed by atoms with Crippen LogP contribution in [-0.4, -0.2) is 41.1 Å². The molecule has 0 unspecified atom stereocenters. The summed E-state index contributed by atoms with van der Waals surface area (Å²) in [4.78, 5) is 24.2. The van der Waals surface area contributed by atoms with Gasteiger partial charge in [0.15, 0.2) is 0 Å². The van der Waals surface area contributed by atoms with Gasteiger partial charge in [-0.15, -0.1) is 0 Å². The average Bonchev–Trinajstić information content (AvgIpc) is 3.29. The highest BCUT2D eigenvalue weighted by Gasteiger charge is 2.33. The van der Waals surface area contributed by atoms with Crippen LogP contribution in [0.1, 0.15) is 31.2 Å². The molecule has 0 radical (unpaired) electrons. The molecule has 1 saturated carbocycles. The molecule has 1 aliphatic carbocycles. The Labute approximate surface area is 124 Å². The molecule has 5 heteroatoms. The van der Waals surface area contributed by atoms with Crippen molar-refractivity contribution in [3.05, 3.63) is 35.9 Å². The molecule has 1 amide bonds. The summed E-state index contributed by atoms with van der Waals surface area (Å²) in [6.45, 7) is 0.858. The Bertz CT molecular complexity index is 470. The first-order valence-corrected chi connectivity index (χ1v) is 7.30. The van der Waals surface area contributed by atoms with E-state index in [1.165, 1.54) is 4.90 Å². The van der Waals surface area contributed by atoms with Gasteiger partial charge in [0.1, 0.15) is 6.54 Å². The van der Waals surface area contributed by atoms with Crippen molar-refractivity contribution >= 4 is 11.9 Å². The first-order chi connectivity index (χ1) is 10.2. The monoisotopic (exact) mass is 291 g/mol. The lowest BCUT2D eigenvalue weighted by atomic mass is 10.2. The molecule has 21 heavy (non-hydrogen) atoms. The van der Waals surface area contributed by atoms with Crippen LogP contribution in [-0.2, 0) is 20.9 Å². The summed E-state index contributed by atoms with van der Waals surface area (Å²) in [6.07, 6.45) is 2.81. The first kappa shape index (κ1) is 15.5. The number of nitrogens with zero attached hydrogens (tertiary/aromatic N) is 1. The van der Waals surface area contributed by atoms with Crippen LogP contribution in [0.25, 0.3) is 0 Å². The lowest BCUT2D eigenvalue weighted by molar-refractivity contribution is -0.145. The van der Waals surface area contributed by atoms with Crippen molar-refractivity contribution in [1.29, 1.82) is 0 Å². The van der Waals surface area contributed by atoms with Gasteiger partial charge in [-0.05, 0) is 24.8 Å². The lowest BCUT2D eigenvalue weighted by Crippen LogP contribution is -2.37. The van der Waals surface area contributed by atoms with Crippen LogP contribution in [0.4, 0.5) is 0 Å². The standard InChI is InChI=1S/C16H21NO4/c18-15(17(11-16(19)20)14-8-9-14)7-4-10-21-12-13-5-2-1-3-6-13/h1-3,5-6,14H,4,7-12H2,(H,19,20). The fraction of sp³-hybridized carbons (Fsp3) is 0.500. The van der Waals surface area contributed by atoms with Crippen LogP contribution in [0.5, 0.6) is 0 Å². The molecule has 1 fully saturated rings. The fourth-order valence-corrected chi connectivity index (χ4v) is 2.19. The number of hydrogen-bond acceptors (Lipinski definition) is 3. The van der Waals surface area contributed by atoms with E-state index < -0.39 is 5.97 Å². The molecular weight excluding hydrogens is 270 g/mol. The van der Waals surface area contributed by atoms with Gasteiger partial charge in [0.25, 0.3) is 0 Å². The number of benzene rings is 1. The third-order valence-corrected chi connectivity index (χ3v) is 3.40. The van der Waals surface area contributed by atoms with Gasteiger partial charge in [-0.25, -0.2) is 0 Å². The van der Waals surface area contributed by atoms with Gasteiger partial charge in [-0.2, -0.15) is 0 Å². The molecule has 1 N–H and O–H groups in total. The van der Waals surface area contributed by atoms with Gasteiger partial charge in [-0.3, -0.25) is 9.59 Å². The summed E-state index contributed by atoms with van der Waals surface area (Å²) in [5, 5.41) is 8.83. The highest BCUT2D eigenvalue weighted by Crippen LogP contribution is 2.27. The third-order valence-electron chi connectivity index (χ3n) is 3.40. The largest absolute Gasteiger partial charge is 0.480 e. The molecule has 114 valence electrons. The Morgan fingerprint density at radius 2 is 1.95 bits per heavy atom. The van der Waals surface area contributed by atoms with E-state index in [1.807, 2.05) is 30.3 Å². The molecule has 0 heterocycles. The van der Waals surface area contributed by atoms with E-state index in [0.29, 0.717) is 26.1 Å². The normalized spacial score (nSPS) is 13.9. The first-order valence-electron chi connectivity index (χ1n) is 7.30. The molecule has 0 aromatic heterocycles. The summed E-state index contributed by atoms with van der Waals surface area (Å²) < 4.78 is 5.52. The van der Waals surface area contributed by atoms with E-state index in [-0.39, 0.29) is 18.5 Å². The maximum atomic E-state index is 12.0. The van der Waals surface area contributed by atoms with Crippen LogP contribution < -0.4 is 0 Å². The highest BCUT2D eigenvalue weighted by atomic mass is 16.5. The Morgan fingerprint density at radius 3 is 2.57 bits per heavy atom. The van der Waals surface area contributed by atoms with Crippen LogP contribution in [0.15, 0.2) is 30.3 Å². The van der Waals surface area contributed by atoms with E-state index in [9.17, 15) is 9.59 Å². The number of carboxylic acid groups (broad SMARTS) is 1. The van der Waals surface area contributed by atoms with Gasteiger partial charge in [0.2, 0.25) is 5.91 Å². The lowest BCUT2D eigenvalue weighted by Gasteiger charge is -2.20. The number of carbonyl (C=O) groups is 2. The van der Waals surface area contributed by atoms with Crippen LogP contribution in [0, 0.1) is 0 Å². The Balaban J connectivity index is 1.63. The third kappa shape index (κ3) is 5.55. The second-order valence-electron chi connectivity index (χ2n) is 5.29. The number of aliphatic carboxylic acids is 1. The summed E-state index contributed by atoms with van der Waals surface area (Å²) in [7, 11) is 0. The van der Waals surface area contributed by atoms with E-state index in [1.54, 1.807) is 0 Å². The second-order valence-corrected chi connectivity index (χ2v) is 5.29. The number of amides is 1. The summed E-state index contributed by atoms with van der Waals surface area (Å²) in [5.74, 6) is -1.03. The molecule has 2 rings (SSSR count). The van der Waals surface area contributed by atoms with Crippen molar-refractivity contribution in [3.63, 3.8) is 0 Å². The maximum absolute atomic E-state index is 12.0. The minimum Gasteiger partial charge on any atom is -0.480 e. The molecule has 0 atom stereocenters. The SMILES string of the molecule is O=C(O)CN(C(=O)CCCOCc1ccccc1)C1CC1. The van der Waals surface area contributed by atoms with Gasteiger partial charge in [-0.1, -0.05) is 30.3 Å². The van der Waals surface area contributed by atoms with Crippen molar-refractivity contribution in [1.82, 2.24) is 4.90 Å². The topological polar surface area (TPSA) is 66.8 Å². The van der Waals surface area contributed by atoms with Crippen molar-refractivity contribution in [2.45, 2.75) is 38.3 Å². The molecule has 0 saturated heterocycles. The van der Waals surface area contributed by atoms with Gasteiger partial charge in [0.05, 0.1) is 6.61 Å². The van der Waals surface area contributed by atoms with Gasteiger partial charge in [0, 0.05) is 19.1 Å². The number of hydrogen-bond donors (Lipinski definition) is 1.